The van der Waals surface area contributed by atoms with Gasteiger partial charge >= 0.3 is 5.97 Å². The third-order valence-corrected chi connectivity index (χ3v) is 3.86. The highest BCUT2D eigenvalue weighted by Gasteiger charge is 2.22. The fraction of sp³-hybridized carbons (Fsp3) is 0.300. The average molecular weight is 296 g/mol. The van der Waals surface area contributed by atoms with E-state index in [4.69, 9.17) is 16.7 Å². The minimum absolute atomic E-state index is 0.0247. The van der Waals surface area contributed by atoms with Crippen molar-refractivity contribution in [2.45, 2.75) is 18.7 Å². The summed E-state index contributed by atoms with van der Waals surface area (Å²) in [5.74, 6) is -2.79. The van der Waals surface area contributed by atoms with Crippen molar-refractivity contribution < 1.29 is 22.7 Å². The second kappa shape index (κ2) is 5.64. The molecule has 0 heterocycles. The number of halogens is 2. The van der Waals surface area contributed by atoms with Gasteiger partial charge in [-0.15, -0.1) is 0 Å². The Kier molecular flexibility index (Phi) is 4.66. The first-order valence-corrected chi connectivity index (χ1v) is 6.91. The molecule has 0 aliphatic heterocycles. The summed E-state index contributed by atoms with van der Waals surface area (Å²) in [6.45, 7) is 1.17. The molecule has 1 rings (SSSR count). The summed E-state index contributed by atoms with van der Waals surface area (Å²) in [4.78, 5) is 10.5. The van der Waals surface area contributed by atoms with Crippen molar-refractivity contribution >= 4 is 27.6 Å². The lowest BCUT2D eigenvalue weighted by Gasteiger charge is -2.11. The molecule has 1 aromatic carbocycles. The Morgan fingerprint density at radius 2 is 2.17 bits per heavy atom. The number of benzene rings is 1. The van der Waals surface area contributed by atoms with Gasteiger partial charge in [0.25, 0.3) is 0 Å². The molecule has 1 atom stereocenters. The molecule has 0 radical (unpaired) electrons. The minimum atomic E-state index is -3.98. The zero-order valence-electron chi connectivity index (χ0n) is 9.35. The number of nitrogens with one attached hydrogen (secondary N) is 1. The highest BCUT2D eigenvalue weighted by Crippen LogP contribution is 2.21. The van der Waals surface area contributed by atoms with E-state index in [9.17, 15) is 17.6 Å². The normalized spacial score (nSPS) is 13.3. The van der Waals surface area contributed by atoms with Gasteiger partial charge in [-0.2, -0.15) is 0 Å². The predicted molar refractivity (Wildman–Crippen MR) is 64.3 cm³/mol. The number of hydrogen-bond acceptors (Lipinski definition) is 3. The number of aliphatic carboxylic acids is 1. The van der Waals surface area contributed by atoms with Crippen LogP contribution in [0.1, 0.15) is 12.5 Å². The number of carbonyl (C=O) groups is 1. The van der Waals surface area contributed by atoms with E-state index in [1.807, 2.05) is 4.72 Å². The lowest BCUT2D eigenvalue weighted by atomic mass is 10.2. The second-order valence-corrected chi connectivity index (χ2v) is 5.80. The van der Waals surface area contributed by atoms with Crippen LogP contribution in [-0.2, 0) is 20.6 Å². The van der Waals surface area contributed by atoms with Gasteiger partial charge in [-0.05, 0) is 19.1 Å². The number of carboxylic acids is 1. The quantitative estimate of drug-likeness (QED) is 0.859. The summed E-state index contributed by atoms with van der Waals surface area (Å²) in [6, 6.07) is 2.50. The largest absolute Gasteiger partial charge is 0.480 e. The summed E-state index contributed by atoms with van der Waals surface area (Å²) in [7, 11) is -3.98. The maximum absolute atomic E-state index is 13.4. The van der Waals surface area contributed by atoms with Gasteiger partial charge in [-0.3, -0.25) is 4.79 Å². The van der Waals surface area contributed by atoms with Crippen LogP contribution in [0, 0.1) is 5.82 Å². The van der Waals surface area contributed by atoms with Crippen molar-refractivity contribution in [3.8, 4) is 0 Å². The van der Waals surface area contributed by atoms with Gasteiger partial charge in [0.05, 0.1) is 5.75 Å². The van der Waals surface area contributed by atoms with Gasteiger partial charge in [-0.1, -0.05) is 17.7 Å². The maximum Gasteiger partial charge on any atom is 0.321 e. The van der Waals surface area contributed by atoms with E-state index in [1.54, 1.807) is 0 Å². The van der Waals surface area contributed by atoms with Crippen molar-refractivity contribution in [3.05, 3.63) is 34.6 Å². The summed E-state index contributed by atoms with van der Waals surface area (Å²) < 4.78 is 38.5. The van der Waals surface area contributed by atoms with Crippen LogP contribution in [0.25, 0.3) is 0 Å². The molecule has 0 aliphatic carbocycles. The summed E-state index contributed by atoms with van der Waals surface area (Å²) in [6.07, 6.45) is 0. The van der Waals surface area contributed by atoms with E-state index < -0.39 is 33.6 Å². The highest BCUT2D eigenvalue weighted by molar-refractivity contribution is 7.88. The molecule has 0 aliphatic rings. The molecule has 0 saturated heterocycles. The fourth-order valence-corrected chi connectivity index (χ4v) is 2.93. The number of carboxylic acid groups (broad SMARTS) is 1. The van der Waals surface area contributed by atoms with E-state index in [0.717, 1.165) is 6.07 Å². The van der Waals surface area contributed by atoms with Crippen LogP contribution in [0.3, 0.4) is 0 Å². The average Bonchev–Trinajstić information content (AvgIpc) is 2.23. The monoisotopic (exact) mass is 295 g/mol. The Balaban J connectivity index is 2.93. The van der Waals surface area contributed by atoms with E-state index in [2.05, 4.69) is 0 Å². The molecular weight excluding hydrogens is 285 g/mol. The van der Waals surface area contributed by atoms with Gasteiger partial charge in [0, 0.05) is 10.6 Å². The third kappa shape index (κ3) is 3.94. The van der Waals surface area contributed by atoms with E-state index in [-0.39, 0.29) is 10.6 Å². The Morgan fingerprint density at radius 1 is 1.56 bits per heavy atom. The van der Waals surface area contributed by atoms with Crippen LogP contribution in [0.2, 0.25) is 5.02 Å². The zero-order valence-corrected chi connectivity index (χ0v) is 10.9. The Hall–Kier alpha value is -1.18. The van der Waals surface area contributed by atoms with Gasteiger partial charge in [0.15, 0.2) is 0 Å². The number of hydrogen-bond donors (Lipinski definition) is 2. The van der Waals surface area contributed by atoms with Crippen molar-refractivity contribution in [1.29, 1.82) is 0 Å². The van der Waals surface area contributed by atoms with Gasteiger partial charge in [0.1, 0.15) is 11.9 Å². The Morgan fingerprint density at radius 3 is 2.67 bits per heavy atom. The topological polar surface area (TPSA) is 83.5 Å². The molecule has 5 nitrogen and oxygen atoms in total. The molecule has 2 N–H and O–H groups in total. The molecule has 18 heavy (non-hydrogen) atoms. The standard InChI is InChI=1S/C10H11ClFNO4S/c1-6(10(14)15)13-18(16,17)5-7-8(11)3-2-4-9(7)12/h2-4,6,13H,5H2,1H3,(H,14,15)/t6-/m1/s1. The summed E-state index contributed by atoms with van der Waals surface area (Å²) in [5, 5.41) is 8.57. The van der Waals surface area contributed by atoms with Crippen LogP contribution in [0.5, 0.6) is 0 Å². The SMILES string of the molecule is C[C@@H](NS(=O)(=O)Cc1c(F)cccc1Cl)C(=O)O. The lowest BCUT2D eigenvalue weighted by molar-refractivity contribution is -0.138. The zero-order chi connectivity index (χ0) is 13.9. The second-order valence-electron chi connectivity index (χ2n) is 3.64. The molecule has 0 bridgehead atoms. The van der Waals surface area contributed by atoms with E-state index in [1.165, 1.54) is 19.1 Å². The van der Waals surface area contributed by atoms with Crippen LogP contribution < -0.4 is 4.72 Å². The first-order valence-electron chi connectivity index (χ1n) is 4.88. The van der Waals surface area contributed by atoms with Gasteiger partial charge in [0.2, 0.25) is 10.0 Å². The Labute approximate surface area is 109 Å². The van der Waals surface area contributed by atoms with Crippen LogP contribution in [0.15, 0.2) is 18.2 Å². The maximum atomic E-state index is 13.4. The molecule has 0 unspecified atom stereocenters. The first-order chi connectivity index (χ1) is 8.23. The highest BCUT2D eigenvalue weighted by atomic mass is 35.5. The van der Waals surface area contributed by atoms with Gasteiger partial charge < -0.3 is 5.11 Å². The molecular formula is C10H11ClFNO4S. The molecule has 0 saturated carbocycles. The lowest BCUT2D eigenvalue weighted by Crippen LogP contribution is -2.39. The summed E-state index contributed by atoms with van der Waals surface area (Å²) >= 11 is 5.69. The van der Waals surface area contributed by atoms with Crippen molar-refractivity contribution in [2.75, 3.05) is 0 Å². The fourth-order valence-electron chi connectivity index (χ4n) is 1.22. The predicted octanol–water partition coefficient (Wildman–Crippen LogP) is 1.37. The third-order valence-electron chi connectivity index (χ3n) is 2.12. The molecule has 0 spiro atoms. The first kappa shape index (κ1) is 14.9. The molecule has 0 amide bonds. The van der Waals surface area contributed by atoms with Crippen LogP contribution in [-0.4, -0.2) is 25.5 Å². The molecule has 1 aromatic rings. The molecule has 0 aromatic heterocycles. The van der Waals surface area contributed by atoms with Crippen molar-refractivity contribution in [3.63, 3.8) is 0 Å². The minimum Gasteiger partial charge on any atom is -0.480 e. The Bertz CT molecular complexity index is 541. The molecule has 8 heteroatoms. The van der Waals surface area contributed by atoms with Crippen LogP contribution >= 0.6 is 11.6 Å². The number of rotatable bonds is 5. The van der Waals surface area contributed by atoms with E-state index in [0.29, 0.717) is 0 Å². The van der Waals surface area contributed by atoms with Gasteiger partial charge in [-0.25, -0.2) is 17.5 Å². The molecule has 100 valence electrons. The van der Waals surface area contributed by atoms with E-state index >= 15 is 0 Å². The van der Waals surface area contributed by atoms with Crippen LogP contribution in [0.4, 0.5) is 4.39 Å². The van der Waals surface area contributed by atoms with Crippen molar-refractivity contribution in [2.24, 2.45) is 0 Å². The van der Waals surface area contributed by atoms with Crippen molar-refractivity contribution in [1.82, 2.24) is 4.72 Å². The molecule has 0 fully saturated rings. The number of sulfonamides is 1. The smallest absolute Gasteiger partial charge is 0.321 e. The summed E-state index contributed by atoms with van der Waals surface area (Å²) in [5.41, 5.74) is -0.191.